The first-order valence-electron chi connectivity index (χ1n) is 10.7. The van der Waals surface area contributed by atoms with Crippen molar-refractivity contribution in [2.45, 2.75) is 30.8 Å². The molecule has 6 rings (SSSR count). The van der Waals surface area contributed by atoms with Gasteiger partial charge in [0.1, 0.15) is 5.54 Å². The highest BCUT2D eigenvalue weighted by Crippen LogP contribution is 2.61. The third-order valence-electron chi connectivity index (χ3n) is 7.54. The maximum atomic E-state index is 13.9. The highest BCUT2D eigenvalue weighted by atomic mass is 16.2. The quantitative estimate of drug-likeness (QED) is 0.689. The number of piperidine rings is 1. The summed E-state index contributed by atoms with van der Waals surface area (Å²) in [6.07, 6.45) is 2.82. The second-order valence-corrected chi connectivity index (χ2v) is 8.76. The third-order valence-corrected chi connectivity index (χ3v) is 7.54. The summed E-state index contributed by atoms with van der Waals surface area (Å²) in [7, 11) is 1.78. The van der Waals surface area contributed by atoms with Gasteiger partial charge in [0.15, 0.2) is 0 Å². The van der Waals surface area contributed by atoms with E-state index in [1.807, 2.05) is 42.5 Å². The molecule has 3 fully saturated rings. The second-order valence-electron chi connectivity index (χ2n) is 8.76. The van der Waals surface area contributed by atoms with E-state index in [1.54, 1.807) is 24.1 Å². The van der Waals surface area contributed by atoms with Crippen LogP contribution in [-0.4, -0.2) is 42.3 Å². The molecule has 0 aliphatic carbocycles. The average Bonchev–Trinajstić information content (AvgIpc) is 3.32. The molecule has 1 spiro atoms. The van der Waals surface area contributed by atoms with Gasteiger partial charge in [-0.2, -0.15) is 0 Å². The van der Waals surface area contributed by atoms with Crippen LogP contribution in [0.4, 0.5) is 11.4 Å². The highest BCUT2D eigenvalue weighted by Gasteiger charge is 2.74. The van der Waals surface area contributed by atoms with Crippen molar-refractivity contribution in [1.29, 1.82) is 0 Å². The molecule has 0 aromatic heterocycles. The molecule has 0 unspecified atom stereocenters. The molecular weight excluding hydrogens is 378 g/mol. The summed E-state index contributed by atoms with van der Waals surface area (Å²) >= 11 is 0. The largest absolute Gasteiger partial charge is 0.313 e. The normalized spacial score (nSPS) is 32.7. The molecule has 152 valence electrons. The van der Waals surface area contributed by atoms with Crippen molar-refractivity contribution in [2.75, 3.05) is 23.4 Å². The van der Waals surface area contributed by atoms with Crippen molar-refractivity contribution in [3.05, 3.63) is 60.2 Å². The molecule has 6 heteroatoms. The highest BCUT2D eigenvalue weighted by molar-refractivity contribution is 6.26. The number of hydrogen-bond acceptors (Lipinski definition) is 4. The summed E-state index contributed by atoms with van der Waals surface area (Å²) in [6.45, 7) is 0.734. The van der Waals surface area contributed by atoms with Crippen LogP contribution in [0.3, 0.4) is 0 Å². The monoisotopic (exact) mass is 401 g/mol. The standard InChI is InChI=1S/C24H23N3O3/c1-25-17-12-6-5-11-16(17)24(23(25)30)20-19(18-13-7-8-14-26(18)24)21(28)27(22(20)29)15-9-3-2-4-10-15/h2-6,9-12,18-20H,7-8,13-14H2,1H3/t18-,19-,20-,24-/m0/s1. The van der Waals surface area contributed by atoms with E-state index >= 15 is 0 Å². The van der Waals surface area contributed by atoms with Gasteiger partial charge in [-0.15, -0.1) is 0 Å². The maximum absolute atomic E-state index is 13.9. The Morgan fingerprint density at radius 1 is 0.900 bits per heavy atom. The van der Waals surface area contributed by atoms with Gasteiger partial charge >= 0.3 is 0 Å². The van der Waals surface area contributed by atoms with Crippen molar-refractivity contribution in [1.82, 2.24) is 4.90 Å². The number of fused-ring (bicyclic) bond motifs is 7. The minimum atomic E-state index is -1.09. The number of rotatable bonds is 1. The Morgan fingerprint density at radius 3 is 2.43 bits per heavy atom. The predicted molar refractivity (Wildman–Crippen MR) is 112 cm³/mol. The number of benzene rings is 2. The number of likely N-dealkylation sites (N-methyl/N-ethyl adjacent to an activating group) is 1. The SMILES string of the molecule is CN1C(=O)[C@]2(c3ccccc31)[C@@H]1C(=O)N(c3ccccc3)C(=O)[C@H]1[C@@H]1CCCCN12. The van der Waals surface area contributed by atoms with Gasteiger partial charge in [-0.25, -0.2) is 4.90 Å². The number of hydrogen-bond donors (Lipinski definition) is 0. The number of para-hydroxylation sites is 2. The van der Waals surface area contributed by atoms with Crippen molar-refractivity contribution < 1.29 is 14.4 Å². The lowest BCUT2D eigenvalue weighted by Gasteiger charge is -2.42. The lowest BCUT2D eigenvalue weighted by molar-refractivity contribution is -0.138. The van der Waals surface area contributed by atoms with Crippen LogP contribution < -0.4 is 9.80 Å². The molecule has 0 saturated carbocycles. The molecule has 0 radical (unpaired) electrons. The van der Waals surface area contributed by atoms with Gasteiger partial charge in [0.2, 0.25) is 11.8 Å². The van der Waals surface area contributed by atoms with E-state index in [0.717, 1.165) is 37.1 Å². The van der Waals surface area contributed by atoms with Crippen LogP contribution in [0.5, 0.6) is 0 Å². The van der Waals surface area contributed by atoms with Gasteiger partial charge < -0.3 is 4.90 Å². The molecule has 6 nitrogen and oxygen atoms in total. The van der Waals surface area contributed by atoms with Gasteiger partial charge in [0, 0.05) is 24.3 Å². The topological polar surface area (TPSA) is 60.9 Å². The van der Waals surface area contributed by atoms with Crippen LogP contribution in [0.25, 0.3) is 0 Å². The summed E-state index contributed by atoms with van der Waals surface area (Å²) < 4.78 is 0. The van der Waals surface area contributed by atoms with Crippen molar-refractivity contribution in [3.8, 4) is 0 Å². The van der Waals surface area contributed by atoms with Gasteiger partial charge in [-0.1, -0.05) is 42.8 Å². The molecule has 0 N–H and O–H groups in total. The molecular formula is C24H23N3O3. The van der Waals surface area contributed by atoms with E-state index in [0.29, 0.717) is 5.69 Å². The van der Waals surface area contributed by atoms with E-state index in [1.165, 1.54) is 4.90 Å². The average molecular weight is 401 g/mol. The third kappa shape index (κ3) is 1.90. The van der Waals surface area contributed by atoms with Gasteiger partial charge in [-0.3, -0.25) is 19.3 Å². The smallest absolute Gasteiger partial charge is 0.252 e. The van der Waals surface area contributed by atoms with Crippen LogP contribution in [0.2, 0.25) is 0 Å². The number of nitrogens with zero attached hydrogens (tertiary/aromatic N) is 3. The van der Waals surface area contributed by atoms with E-state index in [4.69, 9.17) is 0 Å². The number of carbonyl (C=O) groups is 3. The Hall–Kier alpha value is -2.99. The fourth-order valence-electron chi connectivity index (χ4n) is 6.44. The van der Waals surface area contributed by atoms with Crippen LogP contribution in [-0.2, 0) is 19.9 Å². The summed E-state index contributed by atoms with van der Waals surface area (Å²) in [6, 6.07) is 16.8. The first-order valence-corrected chi connectivity index (χ1v) is 10.7. The van der Waals surface area contributed by atoms with Crippen molar-refractivity contribution in [2.24, 2.45) is 11.8 Å². The molecule has 3 amide bonds. The zero-order valence-corrected chi connectivity index (χ0v) is 16.8. The van der Waals surface area contributed by atoms with Crippen molar-refractivity contribution in [3.63, 3.8) is 0 Å². The fraction of sp³-hybridized carbons (Fsp3) is 0.375. The predicted octanol–water partition coefficient (Wildman–Crippen LogP) is 2.53. The molecule has 4 atom stereocenters. The molecule has 0 bridgehead atoms. The summed E-state index contributed by atoms with van der Waals surface area (Å²) in [5, 5.41) is 0. The Bertz CT molecular complexity index is 1080. The Kier molecular flexibility index (Phi) is 3.58. The Morgan fingerprint density at radius 2 is 1.63 bits per heavy atom. The van der Waals surface area contributed by atoms with Crippen LogP contribution in [0.1, 0.15) is 24.8 Å². The van der Waals surface area contributed by atoms with E-state index in [2.05, 4.69) is 4.90 Å². The van der Waals surface area contributed by atoms with Crippen LogP contribution >= 0.6 is 0 Å². The van der Waals surface area contributed by atoms with Gasteiger partial charge in [0.25, 0.3) is 5.91 Å². The second kappa shape index (κ2) is 6.01. The Labute approximate surface area is 175 Å². The summed E-state index contributed by atoms with van der Waals surface area (Å²) in [5.74, 6) is -1.67. The van der Waals surface area contributed by atoms with Crippen molar-refractivity contribution >= 4 is 29.1 Å². The minimum absolute atomic E-state index is 0.0841. The number of amides is 3. The minimum Gasteiger partial charge on any atom is -0.313 e. The fourth-order valence-corrected chi connectivity index (χ4v) is 6.44. The van der Waals surface area contributed by atoms with E-state index in [-0.39, 0.29) is 23.8 Å². The maximum Gasteiger partial charge on any atom is 0.252 e. The summed E-state index contributed by atoms with van der Waals surface area (Å²) in [5.41, 5.74) is 1.21. The van der Waals surface area contributed by atoms with Crippen LogP contribution in [0.15, 0.2) is 54.6 Å². The zero-order chi connectivity index (χ0) is 20.6. The molecule has 4 aliphatic rings. The number of imide groups is 1. The summed E-state index contributed by atoms with van der Waals surface area (Å²) in [4.78, 5) is 46.6. The van der Waals surface area contributed by atoms with Gasteiger partial charge in [-0.05, 0) is 37.6 Å². The molecule has 2 aromatic carbocycles. The first-order chi connectivity index (χ1) is 14.6. The lowest BCUT2D eigenvalue weighted by atomic mass is 9.76. The first kappa shape index (κ1) is 17.8. The zero-order valence-electron chi connectivity index (χ0n) is 16.8. The molecule has 3 saturated heterocycles. The van der Waals surface area contributed by atoms with E-state index < -0.39 is 17.4 Å². The van der Waals surface area contributed by atoms with Gasteiger partial charge in [0.05, 0.1) is 17.5 Å². The number of carbonyl (C=O) groups excluding carboxylic acids is 3. The van der Waals surface area contributed by atoms with E-state index in [9.17, 15) is 14.4 Å². The molecule has 2 aromatic rings. The molecule has 4 heterocycles. The van der Waals surface area contributed by atoms with Crippen LogP contribution in [0, 0.1) is 11.8 Å². The molecule has 30 heavy (non-hydrogen) atoms. The molecule has 4 aliphatic heterocycles. The lowest BCUT2D eigenvalue weighted by Crippen LogP contribution is -2.57. The Balaban J connectivity index is 1.59. The number of anilines is 2.